The van der Waals surface area contributed by atoms with Crippen molar-refractivity contribution in [2.45, 2.75) is 37.1 Å². The molecule has 0 bridgehead atoms. The molecule has 1 aromatic carbocycles. The summed E-state index contributed by atoms with van der Waals surface area (Å²) in [5.74, 6) is -0.651. The van der Waals surface area contributed by atoms with Crippen LogP contribution < -0.4 is 5.73 Å². The Morgan fingerprint density at radius 3 is 2.76 bits per heavy atom. The van der Waals surface area contributed by atoms with Crippen molar-refractivity contribution in [2.75, 3.05) is 13.2 Å². The van der Waals surface area contributed by atoms with E-state index in [1.807, 2.05) is 0 Å². The van der Waals surface area contributed by atoms with Crippen LogP contribution in [0.5, 0.6) is 0 Å². The van der Waals surface area contributed by atoms with Gasteiger partial charge in [0.25, 0.3) is 0 Å². The van der Waals surface area contributed by atoms with E-state index in [9.17, 15) is 18.3 Å². The summed E-state index contributed by atoms with van der Waals surface area (Å²) in [5, 5.41) is 9.38. The molecule has 1 heterocycles. The minimum atomic E-state index is -3.73. The second kappa shape index (κ2) is 6.13. The smallest absolute Gasteiger partial charge is 0.249 e. The third kappa shape index (κ3) is 3.09. The number of amides is 1. The normalized spacial score (nSPS) is 20.4. The number of carbonyl (C=O) groups is 1. The highest BCUT2D eigenvalue weighted by Crippen LogP contribution is 2.26. The number of nitrogens with zero attached hydrogens (tertiary/aromatic N) is 1. The number of carbonyl (C=O) groups excluding carboxylic acids is 1. The summed E-state index contributed by atoms with van der Waals surface area (Å²) in [4.78, 5) is 11.4. The zero-order chi connectivity index (χ0) is 15.6. The summed E-state index contributed by atoms with van der Waals surface area (Å²) < 4.78 is 26.7. The molecule has 2 rings (SSSR count). The molecule has 0 spiro atoms. The lowest BCUT2D eigenvalue weighted by Crippen LogP contribution is -2.45. The van der Waals surface area contributed by atoms with Gasteiger partial charge in [0.1, 0.15) is 0 Å². The first-order valence-corrected chi connectivity index (χ1v) is 8.35. The third-order valence-electron chi connectivity index (χ3n) is 3.86. The van der Waals surface area contributed by atoms with Gasteiger partial charge in [-0.15, -0.1) is 0 Å². The third-order valence-corrected chi connectivity index (χ3v) is 5.81. The molecule has 1 aliphatic rings. The van der Waals surface area contributed by atoms with E-state index in [0.717, 1.165) is 12.8 Å². The number of sulfonamides is 1. The Morgan fingerprint density at radius 1 is 1.43 bits per heavy atom. The molecule has 0 aliphatic carbocycles. The minimum Gasteiger partial charge on any atom is -0.395 e. The fourth-order valence-corrected chi connectivity index (χ4v) is 4.35. The molecule has 21 heavy (non-hydrogen) atoms. The lowest BCUT2D eigenvalue weighted by molar-refractivity contribution is 0.0999. The number of nitrogens with two attached hydrogens (primary N) is 1. The maximum absolute atomic E-state index is 12.7. The molecular formula is C14H20N2O4S. The van der Waals surface area contributed by atoms with E-state index in [0.29, 0.717) is 18.5 Å². The monoisotopic (exact) mass is 312 g/mol. The number of benzene rings is 1. The molecule has 1 saturated heterocycles. The summed E-state index contributed by atoms with van der Waals surface area (Å²) in [6.07, 6.45) is 2.31. The SMILES string of the molecule is Cc1ccc(S(=O)(=O)N2CCCC[C@@H]2CO)cc1C(N)=O. The van der Waals surface area contributed by atoms with Crippen LogP contribution in [-0.4, -0.2) is 42.9 Å². The average molecular weight is 312 g/mol. The highest BCUT2D eigenvalue weighted by atomic mass is 32.2. The molecule has 1 amide bonds. The van der Waals surface area contributed by atoms with Crippen LogP contribution in [0.4, 0.5) is 0 Å². The van der Waals surface area contributed by atoms with Gasteiger partial charge in [-0.1, -0.05) is 12.5 Å². The molecule has 1 atom stereocenters. The first-order valence-electron chi connectivity index (χ1n) is 6.91. The van der Waals surface area contributed by atoms with Crippen molar-refractivity contribution in [1.82, 2.24) is 4.31 Å². The van der Waals surface area contributed by atoms with Gasteiger partial charge in [-0.2, -0.15) is 4.31 Å². The van der Waals surface area contributed by atoms with Crippen LogP contribution in [0, 0.1) is 6.92 Å². The first-order chi connectivity index (χ1) is 9.87. The number of rotatable bonds is 4. The number of primary amides is 1. The molecule has 1 fully saturated rings. The lowest BCUT2D eigenvalue weighted by Gasteiger charge is -2.33. The van der Waals surface area contributed by atoms with Crippen LogP contribution >= 0.6 is 0 Å². The molecule has 3 N–H and O–H groups in total. The predicted molar refractivity (Wildman–Crippen MR) is 78.3 cm³/mol. The Hall–Kier alpha value is -1.44. The molecule has 0 aromatic heterocycles. The van der Waals surface area contributed by atoms with Crippen molar-refractivity contribution in [1.29, 1.82) is 0 Å². The quantitative estimate of drug-likeness (QED) is 0.851. The van der Waals surface area contributed by atoms with E-state index in [1.54, 1.807) is 13.0 Å². The minimum absolute atomic E-state index is 0.0437. The molecule has 1 aromatic rings. The Labute approximate surface area is 124 Å². The Bertz CT molecular complexity index is 642. The van der Waals surface area contributed by atoms with Gasteiger partial charge in [-0.3, -0.25) is 4.79 Å². The summed E-state index contributed by atoms with van der Waals surface area (Å²) in [6, 6.07) is 3.96. The number of aliphatic hydroxyl groups is 1. The molecule has 6 nitrogen and oxygen atoms in total. The first kappa shape index (κ1) is 15.9. The van der Waals surface area contributed by atoms with Gasteiger partial charge < -0.3 is 10.8 Å². The van der Waals surface area contributed by atoms with Gasteiger partial charge in [0, 0.05) is 18.2 Å². The molecule has 0 unspecified atom stereocenters. The number of hydrogen-bond acceptors (Lipinski definition) is 4. The lowest BCUT2D eigenvalue weighted by atomic mass is 10.1. The van der Waals surface area contributed by atoms with Crippen molar-refractivity contribution in [3.8, 4) is 0 Å². The van der Waals surface area contributed by atoms with Crippen LogP contribution in [-0.2, 0) is 10.0 Å². The zero-order valence-electron chi connectivity index (χ0n) is 11.9. The standard InChI is InChI=1S/C14H20N2O4S/c1-10-5-6-12(8-13(10)14(15)18)21(19,20)16-7-3-2-4-11(16)9-17/h5-6,8,11,17H,2-4,7,9H2,1H3,(H2,15,18)/t11-/m1/s1. The second-order valence-corrected chi connectivity index (χ2v) is 7.18. The van der Waals surface area contributed by atoms with E-state index in [4.69, 9.17) is 5.73 Å². The maximum atomic E-state index is 12.7. The average Bonchev–Trinajstić information content (AvgIpc) is 2.47. The van der Waals surface area contributed by atoms with Crippen LogP contribution in [0.3, 0.4) is 0 Å². The van der Waals surface area contributed by atoms with Crippen molar-refractivity contribution >= 4 is 15.9 Å². The highest BCUT2D eigenvalue weighted by Gasteiger charge is 2.33. The zero-order valence-corrected chi connectivity index (χ0v) is 12.8. The summed E-state index contributed by atoms with van der Waals surface area (Å²) in [7, 11) is -3.73. The Morgan fingerprint density at radius 2 is 2.14 bits per heavy atom. The van der Waals surface area contributed by atoms with E-state index in [2.05, 4.69) is 0 Å². The fourth-order valence-electron chi connectivity index (χ4n) is 2.64. The van der Waals surface area contributed by atoms with Crippen molar-refractivity contribution in [3.63, 3.8) is 0 Å². The number of piperidine rings is 1. The fraction of sp³-hybridized carbons (Fsp3) is 0.500. The van der Waals surface area contributed by atoms with Gasteiger partial charge in [-0.05, 0) is 37.5 Å². The van der Waals surface area contributed by atoms with Crippen molar-refractivity contribution in [3.05, 3.63) is 29.3 Å². The summed E-state index contributed by atoms with van der Waals surface area (Å²) in [5.41, 5.74) is 6.11. The number of hydrogen-bond donors (Lipinski definition) is 2. The Kier molecular flexibility index (Phi) is 4.65. The topological polar surface area (TPSA) is 101 Å². The highest BCUT2D eigenvalue weighted by molar-refractivity contribution is 7.89. The van der Waals surface area contributed by atoms with Crippen LogP contribution in [0.25, 0.3) is 0 Å². The van der Waals surface area contributed by atoms with Gasteiger partial charge in [0.15, 0.2) is 0 Å². The molecular weight excluding hydrogens is 292 g/mol. The van der Waals surface area contributed by atoms with E-state index in [1.165, 1.54) is 16.4 Å². The summed E-state index contributed by atoms with van der Waals surface area (Å²) in [6.45, 7) is 1.88. The van der Waals surface area contributed by atoms with E-state index < -0.39 is 22.0 Å². The Balaban J connectivity index is 2.43. The predicted octanol–water partition coefficient (Wildman–Crippen LogP) is 0.629. The van der Waals surface area contributed by atoms with E-state index >= 15 is 0 Å². The number of aliphatic hydroxyl groups excluding tert-OH is 1. The van der Waals surface area contributed by atoms with Gasteiger partial charge in [-0.25, -0.2) is 8.42 Å². The molecule has 7 heteroatoms. The second-order valence-electron chi connectivity index (χ2n) is 5.29. The largest absolute Gasteiger partial charge is 0.395 e. The molecule has 116 valence electrons. The van der Waals surface area contributed by atoms with Gasteiger partial charge >= 0.3 is 0 Å². The number of aryl methyl sites for hydroxylation is 1. The van der Waals surface area contributed by atoms with Gasteiger partial charge in [0.2, 0.25) is 15.9 Å². The summed E-state index contributed by atoms with van der Waals surface area (Å²) >= 11 is 0. The van der Waals surface area contributed by atoms with Crippen molar-refractivity contribution < 1.29 is 18.3 Å². The molecule has 1 aliphatic heterocycles. The van der Waals surface area contributed by atoms with Crippen LogP contribution in [0.15, 0.2) is 23.1 Å². The van der Waals surface area contributed by atoms with Crippen LogP contribution in [0.2, 0.25) is 0 Å². The maximum Gasteiger partial charge on any atom is 0.249 e. The van der Waals surface area contributed by atoms with Crippen molar-refractivity contribution in [2.24, 2.45) is 5.73 Å². The van der Waals surface area contributed by atoms with Gasteiger partial charge in [0.05, 0.1) is 11.5 Å². The molecule has 0 radical (unpaired) electrons. The molecule has 0 saturated carbocycles. The van der Waals surface area contributed by atoms with Crippen LogP contribution in [0.1, 0.15) is 35.2 Å². The van der Waals surface area contributed by atoms with E-state index in [-0.39, 0.29) is 17.1 Å².